The Hall–Kier alpha value is -2.10. The molecule has 1 rings (SSSR count). The molecule has 0 amide bonds. The molecule has 1 aromatic rings. The van der Waals surface area contributed by atoms with E-state index in [0.717, 1.165) is 24.3 Å². The molecule has 0 bridgehead atoms. The van der Waals surface area contributed by atoms with Crippen LogP contribution in [-0.2, 0) is 14.9 Å². The third-order valence-corrected chi connectivity index (χ3v) is 4.53. The number of aliphatic hydroxyl groups is 2. The molecule has 0 spiro atoms. The van der Waals surface area contributed by atoms with Crippen LogP contribution in [0, 0.1) is 0 Å². The number of hydrogen-bond donors (Lipinski definition) is 2. The second kappa shape index (κ2) is 9.36. The van der Waals surface area contributed by atoms with E-state index in [2.05, 4.69) is 4.74 Å². The van der Waals surface area contributed by atoms with Crippen molar-refractivity contribution in [1.82, 2.24) is 0 Å². The average molecular weight is 468 g/mol. The van der Waals surface area contributed by atoms with Crippen molar-refractivity contribution in [1.29, 1.82) is 0 Å². The maximum Gasteiger partial charge on any atom is 0.438 e. The van der Waals surface area contributed by atoms with Crippen LogP contribution in [-0.4, -0.2) is 79.2 Å². The van der Waals surface area contributed by atoms with Crippen molar-refractivity contribution >= 4 is 21.8 Å². The summed E-state index contributed by atoms with van der Waals surface area (Å²) < 4.78 is 115. The summed E-state index contributed by atoms with van der Waals surface area (Å²) in [6.45, 7) is -0.631. The van der Waals surface area contributed by atoms with Crippen molar-refractivity contribution in [3.8, 4) is 0 Å². The first-order valence-electron chi connectivity index (χ1n) is 7.95. The molecule has 0 atom stereocenters. The Morgan fingerprint density at radius 3 is 1.73 bits per heavy atom. The maximum absolute atomic E-state index is 13.2. The summed E-state index contributed by atoms with van der Waals surface area (Å²) in [6, 6.07) is 3.77. The number of aliphatic hydroxyl groups excluding tert-OH is 2. The number of hydrogen-bond acceptors (Lipinski definition) is 8. The maximum atomic E-state index is 13.2. The SMILES string of the molecule is O=C(OC(CS(=O)(=O)[O-])(C(F)(F)F)C(F)(F)F)c1ccc(N(CCO)CCO)cc1. The summed E-state index contributed by atoms with van der Waals surface area (Å²) in [4.78, 5) is 13.4. The Bertz CT molecular complexity index is 803. The van der Waals surface area contributed by atoms with Crippen LogP contribution >= 0.6 is 0 Å². The van der Waals surface area contributed by atoms with E-state index >= 15 is 0 Å². The van der Waals surface area contributed by atoms with Crippen LogP contribution in [0.1, 0.15) is 10.4 Å². The third-order valence-electron chi connectivity index (χ3n) is 3.77. The van der Waals surface area contributed by atoms with Gasteiger partial charge in [-0.05, 0) is 24.3 Å². The molecule has 1 aromatic carbocycles. The first-order chi connectivity index (χ1) is 13.6. The van der Waals surface area contributed by atoms with E-state index < -0.39 is 45.4 Å². The molecule has 15 heteroatoms. The molecule has 0 aromatic heterocycles. The fourth-order valence-corrected chi connectivity index (χ4v) is 3.24. The van der Waals surface area contributed by atoms with Crippen molar-refractivity contribution in [3.63, 3.8) is 0 Å². The number of ether oxygens (including phenoxy) is 1. The molecule has 8 nitrogen and oxygen atoms in total. The highest BCUT2D eigenvalue weighted by Crippen LogP contribution is 2.47. The number of esters is 1. The molecule has 0 radical (unpaired) electrons. The largest absolute Gasteiger partial charge is 0.748 e. The van der Waals surface area contributed by atoms with Crippen LogP contribution in [0.4, 0.5) is 32.0 Å². The highest BCUT2D eigenvalue weighted by atomic mass is 32.2. The molecule has 0 saturated carbocycles. The minimum Gasteiger partial charge on any atom is -0.748 e. The van der Waals surface area contributed by atoms with Crippen LogP contribution in [0.3, 0.4) is 0 Å². The van der Waals surface area contributed by atoms with Gasteiger partial charge < -0.3 is 24.4 Å². The summed E-state index contributed by atoms with van der Waals surface area (Å²) in [6.07, 6.45) is -12.9. The molecule has 0 aliphatic rings. The van der Waals surface area contributed by atoms with Crippen molar-refractivity contribution in [3.05, 3.63) is 29.8 Å². The monoisotopic (exact) mass is 468 g/mol. The number of halogens is 6. The molecule has 0 aliphatic heterocycles. The highest BCUT2D eigenvalue weighted by molar-refractivity contribution is 7.85. The van der Waals surface area contributed by atoms with Crippen LogP contribution in [0.15, 0.2) is 24.3 Å². The Labute approximate surface area is 166 Å². The van der Waals surface area contributed by atoms with Crippen LogP contribution in [0.25, 0.3) is 0 Å². The van der Waals surface area contributed by atoms with Gasteiger partial charge in [-0.25, -0.2) is 13.2 Å². The number of anilines is 1. The van der Waals surface area contributed by atoms with E-state index in [4.69, 9.17) is 10.2 Å². The quantitative estimate of drug-likeness (QED) is 0.313. The zero-order valence-electron chi connectivity index (χ0n) is 14.9. The number of carbonyl (C=O) groups is 1. The topological polar surface area (TPSA) is 127 Å². The Morgan fingerprint density at radius 2 is 1.40 bits per heavy atom. The van der Waals surface area contributed by atoms with Gasteiger partial charge >= 0.3 is 23.9 Å². The normalized spacial score (nSPS) is 13.2. The lowest BCUT2D eigenvalue weighted by Crippen LogP contribution is -2.63. The third kappa shape index (κ3) is 6.20. The van der Waals surface area contributed by atoms with Crippen LogP contribution in [0.5, 0.6) is 0 Å². The van der Waals surface area contributed by atoms with Crippen LogP contribution < -0.4 is 4.90 Å². The van der Waals surface area contributed by atoms with Gasteiger partial charge in [0.25, 0.3) is 0 Å². The van der Waals surface area contributed by atoms with Gasteiger partial charge in [-0.15, -0.1) is 0 Å². The smallest absolute Gasteiger partial charge is 0.438 e. The van der Waals surface area contributed by atoms with Gasteiger partial charge in [0.15, 0.2) is 0 Å². The van der Waals surface area contributed by atoms with Gasteiger partial charge in [-0.3, -0.25) is 0 Å². The van der Waals surface area contributed by atoms with Gasteiger partial charge in [-0.1, -0.05) is 0 Å². The van der Waals surface area contributed by atoms with E-state index in [0.29, 0.717) is 0 Å². The zero-order chi connectivity index (χ0) is 23.4. The summed E-state index contributed by atoms with van der Waals surface area (Å²) in [7, 11) is -6.13. The number of rotatable bonds is 9. The molecule has 172 valence electrons. The van der Waals surface area contributed by atoms with Crippen LogP contribution in [0.2, 0.25) is 0 Å². The number of carbonyl (C=O) groups excluding carboxylic acids is 1. The predicted molar refractivity (Wildman–Crippen MR) is 87.6 cm³/mol. The predicted octanol–water partition coefficient (Wildman–Crippen LogP) is 1.04. The molecule has 0 unspecified atom stereocenters. The average Bonchev–Trinajstić information content (AvgIpc) is 2.58. The van der Waals surface area contributed by atoms with Crippen molar-refractivity contribution in [2.45, 2.75) is 18.0 Å². The standard InChI is InChI=1S/C15H17F6NO7S/c16-14(17,18)13(15(19,20)21,9-30(26,27)28)29-12(25)10-1-3-11(4-2-10)22(5-7-23)6-8-24/h1-4,23-24H,5-9H2,(H,26,27,28)/p-1. The minimum atomic E-state index is -6.46. The fraction of sp³-hybridized carbons (Fsp3) is 0.533. The molecule has 30 heavy (non-hydrogen) atoms. The van der Waals surface area contributed by atoms with Crippen molar-refractivity contribution < 1.29 is 59.1 Å². The first kappa shape index (κ1) is 25.9. The summed E-state index contributed by atoms with van der Waals surface area (Å²) >= 11 is 0. The lowest BCUT2D eigenvalue weighted by atomic mass is 10.1. The van der Waals surface area contributed by atoms with Gasteiger partial charge in [-0.2, -0.15) is 26.3 Å². The molecular formula is C15H16F6NO7S-. The van der Waals surface area contributed by atoms with Gasteiger partial charge in [0, 0.05) is 18.8 Å². The number of benzene rings is 1. The molecule has 0 saturated heterocycles. The lowest BCUT2D eigenvalue weighted by Gasteiger charge is -2.36. The van der Waals surface area contributed by atoms with Gasteiger partial charge in [0.05, 0.1) is 34.6 Å². The molecule has 0 fully saturated rings. The number of nitrogens with zero attached hydrogens (tertiary/aromatic N) is 1. The molecule has 0 aliphatic carbocycles. The van der Waals surface area contributed by atoms with E-state index in [9.17, 15) is 44.1 Å². The Morgan fingerprint density at radius 1 is 0.967 bits per heavy atom. The Balaban J connectivity index is 3.30. The summed E-state index contributed by atoms with van der Waals surface area (Å²) in [5, 5.41) is 17.9. The zero-order valence-corrected chi connectivity index (χ0v) is 15.7. The van der Waals surface area contributed by atoms with Crippen molar-refractivity contribution in [2.24, 2.45) is 0 Å². The van der Waals surface area contributed by atoms with Gasteiger partial charge in [0.1, 0.15) is 0 Å². The van der Waals surface area contributed by atoms with Gasteiger partial charge in [0.2, 0.25) is 0 Å². The van der Waals surface area contributed by atoms with Crippen molar-refractivity contribution in [2.75, 3.05) is 37.0 Å². The first-order valence-corrected chi connectivity index (χ1v) is 9.53. The Kier molecular flexibility index (Phi) is 8.09. The minimum absolute atomic E-state index is 0.0248. The number of alkyl halides is 6. The molecule has 0 heterocycles. The second-order valence-electron chi connectivity index (χ2n) is 5.90. The fourth-order valence-electron chi connectivity index (χ4n) is 2.36. The summed E-state index contributed by atoms with van der Waals surface area (Å²) in [5.74, 6) is -5.26. The highest BCUT2D eigenvalue weighted by Gasteiger charge is 2.75. The lowest BCUT2D eigenvalue weighted by molar-refractivity contribution is -0.356. The van der Waals surface area contributed by atoms with E-state index in [1.807, 2.05) is 0 Å². The van der Waals surface area contributed by atoms with E-state index in [-0.39, 0.29) is 32.0 Å². The molecular weight excluding hydrogens is 452 g/mol. The van der Waals surface area contributed by atoms with E-state index in [1.165, 1.54) is 4.90 Å². The summed E-state index contributed by atoms with van der Waals surface area (Å²) in [5.41, 5.74) is -6.10. The molecule has 2 N–H and O–H groups in total. The van der Waals surface area contributed by atoms with E-state index in [1.54, 1.807) is 0 Å². The second-order valence-corrected chi connectivity index (χ2v) is 7.30.